The SMILES string of the molecule is Clc1ccccc1Cn1c(CSc2ccccc2)nc2ccccc21. The molecule has 25 heavy (non-hydrogen) atoms. The average molecular weight is 365 g/mol. The van der Waals surface area contributed by atoms with Crippen LogP contribution in [0.3, 0.4) is 0 Å². The van der Waals surface area contributed by atoms with Gasteiger partial charge in [0.2, 0.25) is 0 Å². The molecule has 0 radical (unpaired) electrons. The molecule has 0 unspecified atom stereocenters. The minimum absolute atomic E-state index is 0.727. The van der Waals surface area contributed by atoms with E-state index in [0.29, 0.717) is 0 Å². The van der Waals surface area contributed by atoms with Crippen LogP contribution < -0.4 is 0 Å². The maximum Gasteiger partial charge on any atom is 0.120 e. The number of imidazole rings is 1. The number of aromatic nitrogens is 2. The lowest BCUT2D eigenvalue weighted by Crippen LogP contribution is -2.05. The van der Waals surface area contributed by atoms with Crippen LogP contribution in [0, 0.1) is 0 Å². The summed E-state index contributed by atoms with van der Waals surface area (Å²) < 4.78 is 2.27. The van der Waals surface area contributed by atoms with Crippen LogP contribution in [-0.2, 0) is 12.3 Å². The number of nitrogens with zero attached hydrogens (tertiary/aromatic N) is 2. The predicted molar refractivity (Wildman–Crippen MR) is 106 cm³/mol. The Hall–Kier alpha value is -2.23. The molecular formula is C21H17ClN2S. The third-order valence-corrected chi connectivity index (χ3v) is 5.51. The Kier molecular flexibility index (Phi) is 4.77. The summed E-state index contributed by atoms with van der Waals surface area (Å²) in [4.78, 5) is 6.10. The highest BCUT2D eigenvalue weighted by atomic mass is 35.5. The molecule has 3 aromatic carbocycles. The van der Waals surface area contributed by atoms with Gasteiger partial charge in [-0.15, -0.1) is 11.8 Å². The lowest BCUT2D eigenvalue weighted by molar-refractivity contribution is 0.780. The van der Waals surface area contributed by atoms with Crippen LogP contribution in [0.1, 0.15) is 11.4 Å². The van der Waals surface area contributed by atoms with Gasteiger partial charge in [0.15, 0.2) is 0 Å². The quantitative estimate of drug-likeness (QED) is 0.402. The Morgan fingerprint density at radius 3 is 2.40 bits per heavy atom. The van der Waals surface area contributed by atoms with Crippen LogP contribution in [-0.4, -0.2) is 9.55 Å². The van der Waals surface area contributed by atoms with Crippen LogP contribution in [0.15, 0.2) is 83.8 Å². The number of benzene rings is 3. The number of hydrogen-bond donors (Lipinski definition) is 0. The molecule has 2 nitrogen and oxygen atoms in total. The first-order valence-corrected chi connectivity index (χ1v) is 9.53. The molecule has 0 aliphatic carbocycles. The monoisotopic (exact) mass is 364 g/mol. The van der Waals surface area contributed by atoms with Gasteiger partial charge in [-0.3, -0.25) is 0 Å². The largest absolute Gasteiger partial charge is 0.323 e. The first kappa shape index (κ1) is 16.2. The van der Waals surface area contributed by atoms with E-state index in [4.69, 9.17) is 16.6 Å². The molecule has 0 saturated heterocycles. The van der Waals surface area contributed by atoms with Crippen molar-refractivity contribution in [1.82, 2.24) is 9.55 Å². The van der Waals surface area contributed by atoms with Crippen molar-refractivity contribution < 1.29 is 0 Å². The van der Waals surface area contributed by atoms with E-state index in [0.717, 1.165) is 39.7 Å². The minimum atomic E-state index is 0.727. The van der Waals surface area contributed by atoms with Gasteiger partial charge in [-0.2, -0.15) is 0 Å². The van der Waals surface area contributed by atoms with Crippen molar-refractivity contribution in [2.24, 2.45) is 0 Å². The van der Waals surface area contributed by atoms with Crippen LogP contribution in [0.5, 0.6) is 0 Å². The first-order valence-electron chi connectivity index (χ1n) is 8.16. The fourth-order valence-electron chi connectivity index (χ4n) is 2.87. The van der Waals surface area contributed by atoms with E-state index in [1.165, 1.54) is 4.90 Å². The van der Waals surface area contributed by atoms with E-state index in [-0.39, 0.29) is 0 Å². The molecule has 0 spiro atoms. The van der Waals surface area contributed by atoms with Crippen molar-refractivity contribution in [2.45, 2.75) is 17.2 Å². The highest BCUT2D eigenvalue weighted by Gasteiger charge is 2.12. The fraction of sp³-hybridized carbons (Fsp3) is 0.0952. The summed E-state index contributed by atoms with van der Waals surface area (Å²) in [6.07, 6.45) is 0. The van der Waals surface area contributed by atoms with Gasteiger partial charge >= 0.3 is 0 Å². The number of thioether (sulfide) groups is 1. The average Bonchev–Trinajstić information content (AvgIpc) is 3.00. The molecule has 1 aromatic heterocycles. The second-order valence-electron chi connectivity index (χ2n) is 5.80. The normalized spacial score (nSPS) is 11.1. The van der Waals surface area contributed by atoms with Gasteiger partial charge in [0.25, 0.3) is 0 Å². The lowest BCUT2D eigenvalue weighted by Gasteiger charge is -2.11. The molecule has 0 N–H and O–H groups in total. The van der Waals surface area contributed by atoms with Crippen LogP contribution >= 0.6 is 23.4 Å². The van der Waals surface area contributed by atoms with Gasteiger partial charge in [-0.05, 0) is 35.9 Å². The van der Waals surface area contributed by atoms with Gasteiger partial charge < -0.3 is 4.57 Å². The summed E-state index contributed by atoms with van der Waals surface area (Å²) in [5, 5.41) is 0.793. The molecule has 0 saturated carbocycles. The Morgan fingerprint density at radius 1 is 0.840 bits per heavy atom. The number of rotatable bonds is 5. The standard InChI is InChI=1S/C21H17ClN2S/c22-18-11-5-4-8-16(18)14-24-20-13-7-6-12-19(20)23-21(24)15-25-17-9-2-1-3-10-17/h1-13H,14-15H2. The summed E-state index contributed by atoms with van der Waals surface area (Å²) in [5.74, 6) is 1.89. The molecule has 4 heteroatoms. The number of hydrogen-bond acceptors (Lipinski definition) is 2. The number of halogens is 1. The number of fused-ring (bicyclic) bond motifs is 1. The van der Waals surface area contributed by atoms with Crippen molar-refractivity contribution >= 4 is 34.4 Å². The first-order chi connectivity index (χ1) is 12.3. The molecule has 0 aliphatic rings. The molecular weight excluding hydrogens is 348 g/mol. The molecule has 0 atom stereocenters. The molecule has 0 amide bonds. The zero-order valence-electron chi connectivity index (χ0n) is 13.6. The van der Waals surface area contributed by atoms with Crippen LogP contribution in [0.4, 0.5) is 0 Å². The van der Waals surface area contributed by atoms with E-state index in [1.807, 2.05) is 30.3 Å². The van der Waals surface area contributed by atoms with E-state index in [9.17, 15) is 0 Å². The van der Waals surface area contributed by atoms with E-state index < -0.39 is 0 Å². The third kappa shape index (κ3) is 3.58. The van der Waals surface area contributed by atoms with E-state index in [2.05, 4.69) is 53.1 Å². The predicted octanol–water partition coefficient (Wildman–Crippen LogP) is 6.03. The summed E-state index contributed by atoms with van der Waals surface area (Å²) in [5.41, 5.74) is 3.28. The molecule has 124 valence electrons. The molecule has 4 rings (SSSR count). The Morgan fingerprint density at radius 2 is 1.56 bits per heavy atom. The molecule has 0 fully saturated rings. The fourth-order valence-corrected chi connectivity index (χ4v) is 3.93. The van der Waals surface area contributed by atoms with Gasteiger partial charge in [0.1, 0.15) is 5.82 Å². The summed E-state index contributed by atoms with van der Waals surface area (Å²) in [6.45, 7) is 0.727. The van der Waals surface area contributed by atoms with Gasteiger partial charge in [0, 0.05) is 9.92 Å². The van der Waals surface area contributed by atoms with Gasteiger partial charge in [0.05, 0.1) is 23.3 Å². The Balaban J connectivity index is 1.69. The van der Waals surface area contributed by atoms with Crippen molar-refractivity contribution in [3.63, 3.8) is 0 Å². The van der Waals surface area contributed by atoms with Crippen LogP contribution in [0.2, 0.25) is 5.02 Å². The summed E-state index contributed by atoms with van der Waals surface area (Å²) in [7, 11) is 0. The molecule has 0 aliphatic heterocycles. The van der Waals surface area contributed by atoms with E-state index in [1.54, 1.807) is 11.8 Å². The van der Waals surface area contributed by atoms with Crippen molar-refractivity contribution in [3.8, 4) is 0 Å². The van der Waals surface area contributed by atoms with Crippen molar-refractivity contribution in [3.05, 3.63) is 95.3 Å². The van der Waals surface area contributed by atoms with Crippen LogP contribution in [0.25, 0.3) is 11.0 Å². The van der Waals surface area contributed by atoms with Gasteiger partial charge in [-0.25, -0.2) is 4.98 Å². The third-order valence-electron chi connectivity index (χ3n) is 4.13. The Bertz CT molecular complexity index is 995. The second-order valence-corrected chi connectivity index (χ2v) is 7.25. The molecule has 1 heterocycles. The maximum atomic E-state index is 6.38. The van der Waals surface area contributed by atoms with E-state index >= 15 is 0 Å². The number of para-hydroxylation sites is 2. The van der Waals surface area contributed by atoms with Crippen molar-refractivity contribution in [2.75, 3.05) is 0 Å². The molecule has 0 bridgehead atoms. The van der Waals surface area contributed by atoms with Crippen molar-refractivity contribution in [1.29, 1.82) is 0 Å². The highest BCUT2D eigenvalue weighted by molar-refractivity contribution is 7.98. The maximum absolute atomic E-state index is 6.38. The minimum Gasteiger partial charge on any atom is -0.323 e. The topological polar surface area (TPSA) is 17.8 Å². The zero-order valence-corrected chi connectivity index (χ0v) is 15.2. The second kappa shape index (κ2) is 7.34. The Labute approximate surface area is 156 Å². The van der Waals surface area contributed by atoms with Gasteiger partial charge in [-0.1, -0.05) is 60.1 Å². The lowest BCUT2D eigenvalue weighted by atomic mass is 10.2. The highest BCUT2D eigenvalue weighted by Crippen LogP contribution is 2.26. The summed E-state index contributed by atoms with van der Waals surface area (Å²) >= 11 is 8.18. The molecule has 4 aromatic rings. The smallest absolute Gasteiger partial charge is 0.120 e. The summed E-state index contributed by atoms with van der Waals surface area (Å²) in [6, 6.07) is 26.7. The zero-order chi connectivity index (χ0) is 17.1.